The molecule has 0 amide bonds. The minimum Gasteiger partial charge on any atom is -0.436 e. The Morgan fingerprint density at radius 2 is 1.95 bits per heavy atom. The predicted octanol–water partition coefficient (Wildman–Crippen LogP) is 3.75. The number of hydrogen-bond donors (Lipinski definition) is 0. The minimum atomic E-state index is -0.0592. The van der Waals surface area contributed by atoms with Gasteiger partial charge >= 0.3 is 0 Å². The van der Waals surface area contributed by atoms with Gasteiger partial charge in [-0.25, -0.2) is 0 Å². The summed E-state index contributed by atoms with van der Waals surface area (Å²) in [6.45, 7) is 8.41. The summed E-state index contributed by atoms with van der Waals surface area (Å²) in [7, 11) is 0. The van der Waals surface area contributed by atoms with Crippen LogP contribution in [0.15, 0.2) is 30.5 Å². The Kier molecular flexibility index (Phi) is 3.71. The standard InChI is InChI=1S/C16H17N3O/c1-11-5-6-14(13(9-11)16(2,3)4)20-15-12(10-17)7-8-18-19-15/h5-9H,1-4H3. The Morgan fingerprint density at radius 3 is 2.60 bits per heavy atom. The summed E-state index contributed by atoms with van der Waals surface area (Å²) >= 11 is 0. The lowest BCUT2D eigenvalue weighted by molar-refractivity contribution is 0.432. The predicted molar refractivity (Wildman–Crippen MR) is 76.7 cm³/mol. The highest BCUT2D eigenvalue weighted by molar-refractivity contribution is 5.45. The molecule has 0 atom stereocenters. The molecule has 1 aromatic heterocycles. The largest absolute Gasteiger partial charge is 0.436 e. The van der Waals surface area contributed by atoms with E-state index in [9.17, 15) is 0 Å². The highest BCUT2D eigenvalue weighted by atomic mass is 16.5. The molecule has 4 heteroatoms. The van der Waals surface area contributed by atoms with Gasteiger partial charge in [-0.3, -0.25) is 0 Å². The lowest BCUT2D eigenvalue weighted by atomic mass is 9.85. The number of rotatable bonds is 2. The highest BCUT2D eigenvalue weighted by Crippen LogP contribution is 2.34. The van der Waals surface area contributed by atoms with Gasteiger partial charge in [0.05, 0.1) is 6.20 Å². The van der Waals surface area contributed by atoms with E-state index in [1.165, 1.54) is 11.8 Å². The van der Waals surface area contributed by atoms with Crippen molar-refractivity contribution in [2.24, 2.45) is 0 Å². The van der Waals surface area contributed by atoms with Crippen molar-refractivity contribution >= 4 is 0 Å². The van der Waals surface area contributed by atoms with Gasteiger partial charge in [0, 0.05) is 5.56 Å². The topological polar surface area (TPSA) is 58.8 Å². The molecule has 1 aromatic carbocycles. The van der Waals surface area contributed by atoms with E-state index in [2.05, 4.69) is 43.1 Å². The molecule has 0 aliphatic rings. The number of nitriles is 1. The minimum absolute atomic E-state index is 0.0592. The van der Waals surface area contributed by atoms with E-state index in [0.717, 1.165) is 5.56 Å². The van der Waals surface area contributed by atoms with Crippen LogP contribution in [0.25, 0.3) is 0 Å². The van der Waals surface area contributed by atoms with Crippen LogP contribution < -0.4 is 4.74 Å². The Balaban J connectivity index is 2.47. The fraction of sp³-hybridized carbons (Fsp3) is 0.312. The summed E-state index contributed by atoms with van der Waals surface area (Å²) in [6, 6.07) is 9.63. The molecular formula is C16H17N3O. The zero-order chi connectivity index (χ0) is 14.8. The molecular weight excluding hydrogens is 250 g/mol. The number of ether oxygens (including phenoxy) is 1. The number of aryl methyl sites for hydroxylation is 1. The van der Waals surface area contributed by atoms with Crippen LogP contribution in [0.4, 0.5) is 0 Å². The molecule has 4 nitrogen and oxygen atoms in total. The van der Waals surface area contributed by atoms with E-state index in [-0.39, 0.29) is 11.3 Å². The van der Waals surface area contributed by atoms with Gasteiger partial charge in [-0.1, -0.05) is 38.5 Å². The Labute approximate surface area is 119 Å². The van der Waals surface area contributed by atoms with Crippen molar-refractivity contribution in [2.45, 2.75) is 33.1 Å². The third-order valence-corrected chi connectivity index (χ3v) is 2.96. The smallest absolute Gasteiger partial charge is 0.256 e. The van der Waals surface area contributed by atoms with Gasteiger partial charge in [0.2, 0.25) is 0 Å². The van der Waals surface area contributed by atoms with Gasteiger partial charge in [-0.15, -0.1) is 5.10 Å². The van der Waals surface area contributed by atoms with Crippen LogP contribution >= 0.6 is 0 Å². The third-order valence-electron chi connectivity index (χ3n) is 2.96. The quantitative estimate of drug-likeness (QED) is 0.831. The van der Waals surface area contributed by atoms with E-state index < -0.39 is 0 Å². The summed E-state index contributed by atoms with van der Waals surface area (Å²) < 4.78 is 5.82. The maximum Gasteiger partial charge on any atom is 0.256 e. The van der Waals surface area contributed by atoms with E-state index in [0.29, 0.717) is 11.3 Å². The lowest BCUT2D eigenvalue weighted by Gasteiger charge is -2.23. The first-order chi connectivity index (χ1) is 9.41. The molecule has 0 saturated heterocycles. The maximum absolute atomic E-state index is 9.07. The number of hydrogen-bond acceptors (Lipinski definition) is 4. The van der Waals surface area contributed by atoms with E-state index >= 15 is 0 Å². The second-order valence-corrected chi connectivity index (χ2v) is 5.71. The van der Waals surface area contributed by atoms with Crippen molar-refractivity contribution in [1.82, 2.24) is 10.2 Å². The van der Waals surface area contributed by atoms with Crippen LogP contribution in [0.5, 0.6) is 11.6 Å². The van der Waals surface area contributed by atoms with Crippen LogP contribution in [0.1, 0.15) is 37.5 Å². The molecule has 0 spiro atoms. The third kappa shape index (κ3) is 2.94. The van der Waals surface area contributed by atoms with Gasteiger partial charge in [0.15, 0.2) is 0 Å². The molecule has 0 saturated carbocycles. The zero-order valence-electron chi connectivity index (χ0n) is 12.1. The van der Waals surface area contributed by atoms with E-state index in [1.807, 2.05) is 19.1 Å². The van der Waals surface area contributed by atoms with Crippen LogP contribution in [0.3, 0.4) is 0 Å². The van der Waals surface area contributed by atoms with Gasteiger partial charge < -0.3 is 4.74 Å². The Bertz CT molecular complexity index is 666. The average molecular weight is 267 g/mol. The van der Waals surface area contributed by atoms with Gasteiger partial charge in [0.25, 0.3) is 5.88 Å². The molecule has 2 rings (SSSR count). The summed E-state index contributed by atoms with van der Waals surface area (Å²) in [6.07, 6.45) is 1.48. The van der Waals surface area contributed by atoms with Crippen molar-refractivity contribution < 1.29 is 4.74 Å². The van der Waals surface area contributed by atoms with Crippen LogP contribution in [0, 0.1) is 18.3 Å². The van der Waals surface area contributed by atoms with Crippen LogP contribution in [0.2, 0.25) is 0 Å². The lowest BCUT2D eigenvalue weighted by Crippen LogP contribution is -2.13. The van der Waals surface area contributed by atoms with E-state index in [4.69, 9.17) is 10.00 Å². The summed E-state index contributed by atoms with van der Waals surface area (Å²) in [5.41, 5.74) is 2.56. The molecule has 0 unspecified atom stereocenters. The van der Waals surface area contributed by atoms with Crippen molar-refractivity contribution in [3.8, 4) is 17.7 Å². The molecule has 102 valence electrons. The summed E-state index contributed by atoms with van der Waals surface area (Å²) in [5.74, 6) is 0.949. The Hall–Kier alpha value is -2.41. The molecule has 0 aliphatic carbocycles. The molecule has 20 heavy (non-hydrogen) atoms. The van der Waals surface area contributed by atoms with Crippen molar-refractivity contribution in [1.29, 1.82) is 5.26 Å². The summed E-state index contributed by atoms with van der Waals surface area (Å²) in [4.78, 5) is 0. The van der Waals surface area contributed by atoms with E-state index in [1.54, 1.807) is 6.07 Å². The number of benzene rings is 1. The second kappa shape index (κ2) is 5.30. The molecule has 1 heterocycles. The molecule has 0 radical (unpaired) electrons. The fourth-order valence-corrected chi connectivity index (χ4v) is 1.90. The molecule has 0 fully saturated rings. The first-order valence-electron chi connectivity index (χ1n) is 6.42. The van der Waals surface area contributed by atoms with Crippen molar-refractivity contribution in [2.75, 3.05) is 0 Å². The maximum atomic E-state index is 9.07. The first-order valence-corrected chi connectivity index (χ1v) is 6.42. The number of nitrogens with zero attached hydrogens (tertiary/aromatic N) is 3. The fourth-order valence-electron chi connectivity index (χ4n) is 1.90. The number of aromatic nitrogens is 2. The van der Waals surface area contributed by atoms with Gasteiger partial charge in [0.1, 0.15) is 17.4 Å². The SMILES string of the molecule is Cc1ccc(Oc2nnccc2C#N)c(C(C)(C)C)c1. The van der Waals surface area contributed by atoms with Gasteiger partial charge in [-0.05, 0) is 24.5 Å². The molecule has 2 aromatic rings. The monoisotopic (exact) mass is 267 g/mol. The van der Waals surface area contributed by atoms with Crippen LogP contribution in [-0.2, 0) is 5.41 Å². The summed E-state index contributed by atoms with van der Waals surface area (Å²) in [5, 5.41) is 16.7. The van der Waals surface area contributed by atoms with Crippen molar-refractivity contribution in [3.63, 3.8) is 0 Å². The average Bonchev–Trinajstić information content (AvgIpc) is 2.40. The Morgan fingerprint density at radius 1 is 1.20 bits per heavy atom. The second-order valence-electron chi connectivity index (χ2n) is 5.71. The van der Waals surface area contributed by atoms with Crippen molar-refractivity contribution in [3.05, 3.63) is 47.2 Å². The molecule has 0 bridgehead atoms. The van der Waals surface area contributed by atoms with Crippen LogP contribution in [-0.4, -0.2) is 10.2 Å². The molecule has 0 aliphatic heterocycles. The zero-order valence-corrected chi connectivity index (χ0v) is 12.1. The normalized spacial score (nSPS) is 10.9. The first kappa shape index (κ1) is 14.0. The molecule has 0 N–H and O–H groups in total. The van der Waals surface area contributed by atoms with Gasteiger partial charge in [-0.2, -0.15) is 10.4 Å². The highest BCUT2D eigenvalue weighted by Gasteiger charge is 2.20.